The van der Waals surface area contributed by atoms with Crippen LogP contribution in [0.3, 0.4) is 0 Å². The van der Waals surface area contributed by atoms with Crippen LogP contribution in [0.2, 0.25) is 0 Å². The van der Waals surface area contributed by atoms with Crippen molar-refractivity contribution in [1.82, 2.24) is 0 Å². The molecule has 0 atom stereocenters. The topological polar surface area (TPSA) is 0 Å². The van der Waals surface area contributed by atoms with Crippen molar-refractivity contribution in [3.05, 3.63) is 113 Å². The fourth-order valence-electron chi connectivity index (χ4n) is 4.78. The summed E-state index contributed by atoms with van der Waals surface area (Å²) in [5.74, 6) is 0. The van der Waals surface area contributed by atoms with Crippen molar-refractivity contribution in [2.45, 2.75) is 39.0 Å². The zero-order chi connectivity index (χ0) is 20.3. The van der Waals surface area contributed by atoms with Gasteiger partial charge in [0.15, 0.2) is 0 Å². The first-order chi connectivity index (χ1) is 14.0. The summed E-state index contributed by atoms with van der Waals surface area (Å²) < 4.78 is 6.29. The minimum absolute atomic E-state index is 0.0989. The molecule has 0 nitrogen and oxygen atoms in total. The number of benzene rings is 3. The van der Waals surface area contributed by atoms with E-state index in [0.717, 1.165) is 12.8 Å². The third-order valence-corrected chi connectivity index (χ3v) is 16.6. The van der Waals surface area contributed by atoms with Crippen LogP contribution in [-0.2, 0) is 5.41 Å². The Labute approximate surface area is 178 Å². The van der Waals surface area contributed by atoms with Crippen LogP contribution < -0.4 is 13.2 Å². The zero-order valence-electron chi connectivity index (χ0n) is 17.7. The molecule has 3 aromatic carbocycles. The average Bonchev–Trinajstić information content (AvgIpc) is 2.76. The second-order valence-electron chi connectivity index (χ2n) is 8.94. The SMILES string of the molecule is CC(C)(C)c1cccc[c]1[Ge]([C]1=CC=CCC1)([c]1ccccc1)[c]1ccccc1. The van der Waals surface area contributed by atoms with Crippen LogP contribution in [0.5, 0.6) is 0 Å². The molecule has 0 aromatic heterocycles. The average molecular weight is 439 g/mol. The van der Waals surface area contributed by atoms with Gasteiger partial charge in [0.2, 0.25) is 0 Å². The summed E-state index contributed by atoms with van der Waals surface area (Å²) in [5, 5.41) is 0. The summed E-state index contributed by atoms with van der Waals surface area (Å²) in [6.45, 7) is 7.05. The van der Waals surface area contributed by atoms with Gasteiger partial charge >= 0.3 is 179 Å². The molecule has 1 heteroatoms. The Morgan fingerprint density at radius 3 is 1.76 bits per heavy atom. The van der Waals surface area contributed by atoms with Gasteiger partial charge in [0.1, 0.15) is 0 Å². The molecule has 0 fully saturated rings. The van der Waals surface area contributed by atoms with Gasteiger partial charge in [0.05, 0.1) is 0 Å². The molecule has 0 unspecified atom stereocenters. The van der Waals surface area contributed by atoms with Gasteiger partial charge in [-0.3, -0.25) is 0 Å². The minimum atomic E-state index is -3.09. The van der Waals surface area contributed by atoms with Crippen molar-refractivity contribution in [3.8, 4) is 0 Å². The Kier molecular flexibility index (Phi) is 5.65. The number of hydrogen-bond donors (Lipinski definition) is 0. The fraction of sp³-hybridized carbons (Fsp3) is 0.214. The van der Waals surface area contributed by atoms with Crippen LogP contribution in [0.25, 0.3) is 0 Å². The Hall–Kier alpha value is -2.32. The van der Waals surface area contributed by atoms with E-state index in [1.807, 2.05) is 0 Å². The molecular weight excluding hydrogens is 409 g/mol. The predicted molar refractivity (Wildman–Crippen MR) is 129 cm³/mol. The molecule has 0 N–H and O–H groups in total. The molecule has 4 rings (SSSR count). The van der Waals surface area contributed by atoms with Crippen LogP contribution in [0.4, 0.5) is 0 Å². The molecular formula is C28H30Ge. The van der Waals surface area contributed by atoms with E-state index in [9.17, 15) is 0 Å². The molecule has 0 heterocycles. The molecule has 3 aromatic rings. The maximum absolute atomic E-state index is 3.09. The maximum atomic E-state index is 2.43. The van der Waals surface area contributed by atoms with Gasteiger partial charge in [-0.1, -0.05) is 0 Å². The van der Waals surface area contributed by atoms with Crippen molar-refractivity contribution in [2.75, 3.05) is 0 Å². The normalized spacial score (nSPS) is 14.5. The van der Waals surface area contributed by atoms with E-state index >= 15 is 0 Å². The Morgan fingerprint density at radius 2 is 1.24 bits per heavy atom. The van der Waals surface area contributed by atoms with E-state index in [-0.39, 0.29) is 5.41 Å². The predicted octanol–water partition coefficient (Wildman–Crippen LogP) is 5.27. The van der Waals surface area contributed by atoms with Crippen molar-refractivity contribution < 1.29 is 0 Å². The standard InChI is InChI=1S/C28H30Ge/c1-28(2,3)26-21-13-14-22-27(26)29(23-15-7-4-8-16-23,24-17-9-5-10-18-24)25-19-11-6-12-20-25/h4-11,13-19,21-22H,12,20H2,1-3H3. The molecule has 1 aliphatic carbocycles. The molecule has 0 spiro atoms. The number of allylic oxidation sites excluding steroid dienone is 4. The van der Waals surface area contributed by atoms with Crippen LogP contribution >= 0.6 is 0 Å². The molecule has 0 saturated heterocycles. The van der Waals surface area contributed by atoms with Crippen molar-refractivity contribution in [3.63, 3.8) is 0 Å². The van der Waals surface area contributed by atoms with E-state index in [2.05, 4.69) is 124 Å². The Balaban J connectivity index is 2.16. The Morgan fingerprint density at radius 1 is 0.690 bits per heavy atom. The van der Waals surface area contributed by atoms with Gasteiger partial charge in [-0.15, -0.1) is 0 Å². The molecule has 1 aliphatic rings. The van der Waals surface area contributed by atoms with Crippen molar-refractivity contribution in [1.29, 1.82) is 0 Å². The van der Waals surface area contributed by atoms with E-state index < -0.39 is 13.3 Å². The van der Waals surface area contributed by atoms with Crippen LogP contribution in [-0.4, -0.2) is 13.3 Å². The van der Waals surface area contributed by atoms with Gasteiger partial charge < -0.3 is 0 Å². The first kappa shape index (κ1) is 20.0. The van der Waals surface area contributed by atoms with Gasteiger partial charge in [0, 0.05) is 0 Å². The van der Waals surface area contributed by atoms with E-state index in [4.69, 9.17) is 0 Å². The number of hydrogen-bond acceptors (Lipinski definition) is 0. The third kappa shape index (κ3) is 3.67. The summed E-state index contributed by atoms with van der Waals surface area (Å²) in [6.07, 6.45) is 9.31. The van der Waals surface area contributed by atoms with Gasteiger partial charge in [-0.05, 0) is 0 Å². The summed E-state index contributed by atoms with van der Waals surface area (Å²) in [5.41, 5.74) is 1.59. The summed E-state index contributed by atoms with van der Waals surface area (Å²) in [6, 6.07) is 31.9. The van der Waals surface area contributed by atoms with Crippen molar-refractivity contribution in [2.24, 2.45) is 0 Å². The van der Waals surface area contributed by atoms with Gasteiger partial charge in [-0.25, -0.2) is 0 Å². The molecule has 0 bridgehead atoms. The van der Waals surface area contributed by atoms with E-state index in [1.54, 1.807) is 8.80 Å². The molecule has 146 valence electrons. The first-order valence-electron chi connectivity index (χ1n) is 10.6. The number of rotatable bonds is 4. The van der Waals surface area contributed by atoms with Crippen molar-refractivity contribution >= 4 is 26.5 Å². The third-order valence-electron chi connectivity index (χ3n) is 6.05. The molecule has 0 aliphatic heterocycles. The first-order valence-corrected chi connectivity index (χ1v) is 14.8. The zero-order valence-corrected chi connectivity index (χ0v) is 19.8. The van der Waals surface area contributed by atoms with E-state index in [0.29, 0.717) is 0 Å². The second kappa shape index (κ2) is 8.20. The molecule has 0 amide bonds. The Bertz CT molecular complexity index is 981. The van der Waals surface area contributed by atoms with Gasteiger partial charge in [0.25, 0.3) is 0 Å². The van der Waals surface area contributed by atoms with Crippen LogP contribution in [0, 0.1) is 0 Å². The molecule has 0 saturated carbocycles. The quantitative estimate of drug-likeness (QED) is 0.486. The van der Waals surface area contributed by atoms with Crippen LogP contribution in [0.15, 0.2) is 108 Å². The summed E-state index contributed by atoms with van der Waals surface area (Å²) in [4.78, 5) is 0. The van der Waals surface area contributed by atoms with Gasteiger partial charge in [-0.2, -0.15) is 0 Å². The monoisotopic (exact) mass is 440 g/mol. The summed E-state index contributed by atoms with van der Waals surface area (Å²) >= 11 is -3.09. The van der Waals surface area contributed by atoms with E-state index in [1.165, 1.54) is 14.4 Å². The summed E-state index contributed by atoms with van der Waals surface area (Å²) in [7, 11) is 0. The fourth-order valence-corrected chi connectivity index (χ4v) is 16.3. The molecule has 0 radical (unpaired) electrons. The van der Waals surface area contributed by atoms with Crippen LogP contribution in [0.1, 0.15) is 39.2 Å². The molecule has 29 heavy (non-hydrogen) atoms. The second-order valence-corrected chi connectivity index (χ2v) is 17.0.